The molecule has 0 saturated carbocycles. The summed E-state index contributed by atoms with van der Waals surface area (Å²) in [6.07, 6.45) is 0. The van der Waals surface area contributed by atoms with Gasteiger partial charge in [-0.3, -0.25) is 4.63 Å². The highest BCUT2D eigenvalue weighted by Gasteiger charge is 2.21. The predicted molar refractivity (Wildman–Crippen MR) is 63.6 cm³/mol. The Morgan fingerprint density at radius 1 is 0.952 bits per heavy atom. The van der Waals surface area contributed by atoms with Crippen LogP contribution < -0.4 is 4.90 Å². The van der Waals surface area contributed by atoms with Gasteiger partial charge in [0.25, 0.3) is 5.69 Å². The van der Waals surface area contributed by atoms with Crippen molar-refractivity contribution in [2.24, 2.45) is 0 Å². The minimum Gasteiger partial charge on any atom is -0.358 e. The second-order valence-corrected chi connectivity index (χ2v) is 3.89. The second-order valence-electron chi connectivity index (χ2n) is 3.89. The lowest BCUT2D eigenvalue weighted by Gasteiger charge is -1.96. The summed E-state index contributed by atoms with van der Waals surface area (Å²) >= 11 is 0. The van der Waals surface area contributed by atoms with Gasteiger partial charge in [0, 0.05) is 16.3 Å². The van der Waals surface area contributed by atoms with Gasteiger partial charge in [0.05, 0.1) is 0 Å². The third-order valence-corrected chi connectivity index (χ3v) is 2.75. The molecular formula is C12H4N6O3. The van der Waals surface area contributed by atoms with Crippen LogP contribution in [0.4, 0.5) is 0 Å². The maximum absolute atomic E-state index is 11.2. The molecule has 100 valence electrons. The van der Waals surface area contributed by atoms with Crippen molar-refractivity contribution in [2.75, 3.05) is 0 Å². The molecule has 0 unspecified atom stereocenters. The molecule has 0 aliphatic rings. The van der Waals surface area contributed by atoms with E-state index in [-0.39, 0.29) is 22.0 Å². The molecule has 0 atom stereocenters. The summed E-state index contributed by atoms with van der Waals surface area (Å²) < 4.78 is 8.90. The topological polar surface area (TPSA) is 139 Å². The number of aromatic nitrogens is 4. The van der Waals surface area contributed by atoms with Crippen LogP contribution in [-0.4, -0.2) is 15.5 Å². The first-order valence-corrected chi connectivity index (χ1v) is 5.58. The lowest BCUT2D eigenvalue weighted by atomic mass is 10.1. The third kappa shape index (κ3) is 1.95. The number of rotatable bonds is 2. The van der Waals surface area contributed by atoms with Gasteiger partial charge in [-0.1, -0.05) is 12.1 Å². The summed E-state index contributed by atoms with van der Waals surface area (Å²) in [5, 5.41) is 39.6. The molecule has 2 heterocycles. The molecule has 9 heteroatoms. The van der Waals surface area contributed by atoms with E-state index in [9.17, 15) is 5.21 Å². The van der Waals surface area contributed by atoms with E-state index >= 15 is 0 Å². The quantitative estimate of drug-likeness (QED) is 0.627. The highest BCUT2D eigenvalue weighted by atomic mass is 16.8. The van der Waals surface area contributed by atoms with Crippen LogP contribution in [-0.2, 0) is 0 Å². The zero-order chi connectivity index (χ0) is 14.8. The van der Waals surface area contributed by atoms with Crippen LogP contribution in [0, 0.1) is 27.9 Å². The molecular weight excluding hydrogens is 276 g/mol. The summed E-state index contributed by atoms with van der Waals surface area (Å²) in [6.45, 7) is 0. The van der Waals surface area contributed by atoms with Gasteiger partial charge in [-0.05, 0) is 27.3 Å². The van der Waals surface area contributed by atoms with E-state index in [1.165, 1.54) is 0 Å². The smallest absolute Gasteiger partial charge is 0.302 e. The predicted octanol–water partition coefficient (Wildman–Crippen LogP) is 0.768. The molecule has 0 aliphatic carbocycles. The largest absolute Gasteiger partial charge is 0.358 e. The monoisotopic (exact) mass is 280 g/mol. The molecule has 0 N–H and O–H groups in total. The van der Waals surface area contributed by atoms with Crippen LogP contribution in [0.15, 0.2) is 33.5 Å². The molecule has 1 aromatic carbocycles. The first kappa shape index (κ1) is 12.3. The highest BCUT2D eigenvalue weighted by molar-refractivity contribution is 5.70. The van der Waals surface area contributed by atoms with Crippen LogP contribution in [0.5, 0.6) is 0 Å². The third-order valence-electron chi connectivity index (χ3n) is 2.75. The minimum atomic E-state index is -0.233. The fraction of sp³-hybridized carbons (Fsp3) is 0. The van der Waals surface area contributed by atoms with E-state index in [2.05, 4.69) is 24.7 Å². The van der Waals surface area contributed by atoms with E-state index in [0.29, 0.717) is 16.8 Å². The van der Waals surface area contributed by atoms with E-state index < -0.39 is 0 Å². The number of benzene rings is 1. The van der Waals surface area contributed by atoms with Crippen LogP contribution in [0.3, 0.4) is 0 Å². The van der Waals surface area contributed by atoms with Crippen LogP contribution >= 0.6 is 0 Å². The SMILES string of the molecule is N#Cc1nonc1-c1ccc(-c2no[n+]([O-])c2C#N)cc1. The molecule has 0 amide bonds. The van der Waals surface area contributed by atoms with Crippen LogP contribution in [0.25, 0.3) is 22.5 Å². The van der Waals surface area contributed by atoms with Crippen molar-refractivity contribution in [1.82, 2.24) is 15.5 Å². The number of hydrogen-bond acceptors (Lipinski definition) is 8. The second kappa shape index (κ2) is 4.75. The Labute approximate surface area is 116 Å². The lowest BCUT2D eigenvalue weighted by Crippen LogP contribution is -2.26. The first-order valence-electron chi connectivity index (χ1n) is 5.58. The normalized spacial score (nSPS) is 10.0. The maximum Gasteiger partial charge on any atom is 0.302 e. The summed E-state index contributed by atoms with van der Waals surface area (Å²) in [4.78, 5) is 0.0403. The number of nitrogens with zero attached hydrogens (tertiary/aromatic N) is 6. The number of hydrogen-bond donors (Lipinski definition) is 0. The van der Waals surface area contributed by atoms with E-state index in [0.717, 1.165) is 0 Å². The van der Waals surface area contributed by atoms with Gasteiger partial charge >= 0.3 is 5.69 Å². The van der Waals surface area contributed by atoms with E-state index in [1.807, 2.05) is 6.07 Å². The molecule has 0 radical (unpaired) electrons. The van der Waals surface area contributed by atoms with Crippen LogP contribution in [0.1, 0.15) is 11.4 Å². The van der Waals surface area contributed by atoms with Gasteiger partial charge in [-0.25, -0.2) is 4.63 Å². The fourth-order valence-corrected chi connectivity index (χ4v) is 1.77. The summed E-state index contributed by atoms with van der Waals surface area (Å²) in [5.41, 5.74) is 1.40. The van der Waals surface area contributed by atoms with Crippen molar-refractivity contribution in [3.8, 4) is 34.7 Å². The van der Waals surface area contributed by atoms with Crippen molar-refractivity contribution >= 4 is 0 Å². The molecule has 9 nitrogen and oxygen atoms in total. The Bertz CT molecular complexity index is 881. The lowest BCUT2D eigenvalue weighted by molar-refractivity contribution is -0.804. The van der Waals surface area contributed by atoms with Crippen molar-refractivity contribution in [1.29, 1.82) is 10.5 Å². The Balaban J connectivity index is 2.03. The Morgan fingerprint density at radius 2 is 1.62 bits per heavy atom. The maximum atomic E-state index is 11.2. The van der Waals surface area contributed by atoms with Crippen molar-refractivity contribution in [2.45, 2.75) is 0 Å². The van der Waals surface area contributed by atoms with Gasteiger partial charge in [-0.2, -0.15) is 10.5 Å². The Hall–Kier alpha value is -3.72. The average molecular weight is 280 g/mol. The van der Waals surface area contributed by atoms with Crippen LogP contribution in [0.2, 0.25) is 0 Å². The minimum absolute atomic E-state index is 0.0403. The molecule has 3 rings (SSSR count). The molecule has 0 bridgehead atoms. The molecule has 2 aromatic heterocycles. The molecule has 0 aliphatic heterocycles. The van der Waals surface area contributed by atoms with Crippen molar-refractivity contribution in [3.05, 3.63) is 40.9 Å². The Kier molecular flexibility index (Phi) is 2.79. The molecule has 21 heavy (non-hydrogen) atoms. The van der Waals surface area contributed by atoms with E-state index in [1.54, 1.807) is 30.3 Å². The number of nitriles is 2. The summed E-state index contributed by atoms with van der Waals surface area (Å²) in [7, 11) is 0. The van der Waals surface area contributed by atoms with Crippen molar-refractivity contribution in [3.63, 3.8) is 0 Å². The zero-order valence-corrected chi connectivity index (χ0v) is 10.2. The Morgan fingerprint density at radius 3 is 2.24 bits per heavy atom. The van der Waals surface area contributed by atoms with Gasteiger partial charge in [-0.15, -0.1) is 0 Å². The molecule has 0 fully saturated rings. The summed E-state index contributed by atoms with van der Waals surface area (Å²) in [6, 6.07) is 10.1. The average Bonchev–Trinajstić information content (AvgIpc) is 3.13. The van der Waals surface area contributed by atoms with Gasteiger partial charge in [0.15, 0.2) is 11.8 Å². The fourth-order valence-electron chi connectivity index (χ4n) is 1.77. The molecule has 0 spiro atoms. The highest BCUT2D eigenvalue weighted by Crippen LogP contribution is 2.25. The van der Waals surface area contributed by atoms with Crippen molar-refractivity contribution < 1.29 is 14.2 Å². The molecule has 0 saturated heterocycles. The zero-order valence-electron chi connectivity index (χ0n) is 10.2. The van der Waals surface area contributed by atoms with E-state index in [4.69, 9.17) is 10.5 Å². The summed E-state index contributed by atoms with van der Waals surface area (Å²) in [5.74, 6) is 0. The first-order chi connectivity index (χ1) is 10.2. The van der Waals surface area contributed by atoms with Gasteiger partial charge in [0.2, 0.25) is 5.69 Å². The van der Waals surface area contributed by atoms with Gasteiger partial charge < -0.3 is 5.21 Å². The standard InChI is InChI=1S/C12H4N6O3/c13-5-9-11(16-20-15-9)7-1-3-8(4-2-7)12-10(6-14)18(19)21-17-12/h1-4H. The molecule has 3 aromatic rings. The van der Waals surface area contributed by atoms with Gasteiger partial charge in [0.1, 0.15) is 6.07 Å².